The monoisotopic (exact) mass is 571 g/mol. The number of fused-ring (bicyclic) bond motifs is 6. The molecule has 9 aromatic carbocycles. The minimum Gasteiger partial charge on any atom is -0.308 e. The van der Waals surface area contributed by atoms with Crippen LogP contribution >= 0.6 is 0 Å². The molecule has 0 aromatic heterocycles. The van der Waals surface area contributed by atoms with Crippen LogP contribution in [0.4, 0.5) is 17.1 Å². The molecule has 0 fully saturated rings. The van der Waals surface area contributed by atoms with Gasteiger partial charge in [-0.15, -0.1) is 0 Å². The molecule has 0 unspecified atom stereocenters. The van der Waals surface area contributed by atoms with Crippen molar-refractivity contribution < 1.29 is 0 Å². The molecule has 1 heteroatoms. The average molecular weight is 572 g/mol. The first-order valence-electron chi connectivity index (χ1n) is 15.5. The summed E-state index contributed by atoms with van der Waals surface area (Å²) >= 11 is 0. The van der Waals surface area contributed by atoms with Crippen LogP contribution in [0.5, 0.6) is 0 Å². The number of rotatable bonds is 4. The SMILES string of the molecule is c1ccc2c(-c3c(N(c4cccc5ccccc45)c4cccc5ccccc45)c4ccccc4c4ccccc34)cccc2c1. The van der Waals surface area contributed by atoms with Crippen molar-refractivity contribution >= 4 is 70.9 Å². The van der Waals surface area contributed by atoms with Gasteiger partial charge in [0.2, 0.25) is 0 Å². The van der Waals surface area contributed by atoms with Gasteiger partial charge in [-0.05, 0) is 55.4 Å². The quantitative estimate of drug-likeness (QED) is 0.190. The standard InChI is InChI=1S/C44H29N/c1-4-20-33-30(14-1)17-11-27-38(33)43-39-25-9-7-23-36(39)37-24-8-10-26-40(37)44(43)45(41-28-12-18-31-15-2-5-21-34(31)41)42-29-13-19-32-16-3-6-22-35(32)42/h1-29H. The molecule has 0 aliphatic heterocycles. The van der Waals surface area contributed by atoms with Gasteiger partial charge in [-0.1, -0.05) is 164 Å². The average Bonchev–Trinajstić information content (AvgIpc) is 3.12. The smallest absolute Gasteiger partial charge is 0.0625 e. The summed E-state index contributed by atoms with van der Waals surface area (Å²) < 4.78 is 0. The second-order valence-corrected chi connectivity index (χ2v) is 11.7. The first kappa shape index (κ1) is 25.6. The molecule has 0 bridgehead atoms. The van der Waals surface area contributed by atoms with Gasteiger partial charge in [-0.2, -0.15) is 0 Å². The molecule has 0 spiro atoms. The van der Waals surface area contributed by atoms with Crippen LogP contribution in [0.2, 0.25) is 0 Å². The summed E-state index contributed by atoms with van der Waals surface area (Å²) in [6, 6.07) is 64.2. The summed E-state index contributed by atoms with van der Waals surface area (Å²) in [5, 5.41) is 12.3. The second kappa shape index (κ2) is 10.4. The molecule has 0 aliphatic carbocycles. The van der Waals surface area contributed by atoms with E-state index in [-0.39, 0.29) is 0 Å². The largest absolute Gasteiger partial charge is 0.308 e. The van der Waals surface area contributed by atoms with Crippen LogP contribution in [0, 0.1) is 0 Å². The number of anilines is 3. The van der Waals surface area contributed by atoms with E-state index in [2.05, 4.69) is 181 Å². The normalized spacial score (nSPS) is 11.6. The molecule has 0 radical (unpaired) electrons. The lowest BCUT2D eigenvalue weighted by Crippen LogP contribution is -2.13. The number of nitrogens with zero attached hydrogens (tertiary/aromatic N) is 1. The van der Waals surface area contributed by atoms with Crippen LogP contribution in [0.25, 0.3) is 65.0 Å². The van der Waals surface area contributed by atoms with E-state index in [1.165, 1.54) is 70.7 Å². The second-order valence-electron chi connectivity index (χ2n) is 11.7. The number of hydrogen-bond acceptors (Lipinski definition) is 1. The Hall–Kier alpha value is -5.92. The van der Waals surface area contributed by atoms with Gasteiger partial charge < -0.3 is 4.90 Å². The van der Waals surface area contributed by atoms with Crippen molar-refractivity contribution in [3.63, 3.8) is 0 Å². The van der Waals surface area contributed by atoms with Crippen molar-refractivity contribution in [3.05, 3.63) is 176 Å². The molecule has 0 saturated carbocycles. The summed E-state index contributed by atoms with van der Waals surface area (Å²) in [6.45, 7) is 0. The first-order chi connectivity index (χ1) is 22.4. The highest BCUT2D eigenvalue weighted by Gasteiger charge is 2.26. The van der Waals surface area contributed by atoms with Crippen LogP contribution in [0.1, 0.15) is 0 Å². The minimum absolute atomic E-state index is 1.16. The molecule has 1 nitrogen and oxygen atoms in total. The van der Waals surface area contributed by atoms with Crippen LogP contribution < -0.4 is 4.90 Å². The molecule has 0 aliphatic rings. The Bertz CT molecular complexity index is 2460. The highest BCUT2D eigenvalue weighted by Crippen LogP contribution is 2.52. The van der Waals surface area contributed by atoms with Gasteiger partial charge in [0, 0.05) is 21.7 Å². The number of hydrogen-bond donors (Lipinski definition) is 0. The summed E-state index contributed by atoms with van der Waals surface area (Å²) in [5.41, 5.74) is 5.98. The van der Waals surface area contributed by atoms with Crippen molar-refractivity contribution in [1.82, 2.24) is 0 Å². The predicted molar refractivity (Wildman–Crippen MR) is 194 cm³/mol. The molecule has 0 heterocycles. The van der Waals surface area contributed by atoms with E-state index in [0.29, 0.717) is 0 Å². The van der Waals surface area contributed by atoms with Crippen molar-refractivity contribution in [2.75, 3.05) is 4.90 Å². The summed E-state index contributed by atoms with van der Waals surface area (Å²) in [6.07, 6.45) is 0. The number of benzene rings is 9. The molecule has 0 N–H and O–H groups in total. The van der Waals surface area contributed by atoms with Gasteiger partial charge in [-0.3, -0.25) is 0 Å². The third kappa shape index (κ3) is 4.02. The van der Waals surface area contributed by atoms with Crippen molar-refractivity contribution in [2.45, 2.75) is 0 Å². The van der Waals surface area contributed by atoms with Gasteiger partial charge >= 0.3 is 0 Å². The minimum atomic E-state index is 1.16. The van der Waals surface area contributed by atoms with Crippen molar-refractivity contribution in [2.24, 2.45) is 0 Å². The van der Waals surface area contributed by atoms with E-state index < -0.39 is 0 Å². The Labute approximate surface area is 262 Å². The predicted octanol–water partition coefficient (Wildman–Crippen LogP) is 12.6. The van der Waals surface area contributed by atoms with Gasteiger partial charge in [0.25, 0.3) is 0 Å². The Kier molecular flexibility index (Phi) is 5.89. The molecule has 9 aromatic rings. The first-order valence-corrected chi connectivity index (χ1v) is 15.5. The van der Waals surface area contributed by atoms with Gasteiger partial charge in [-0.25, -0.2) is 0 Å². The molecule has 0 saturated heterocycles. The van der Waals surface area contributed by atoms with Crippen LogP contribution in [-0.4, -0.2) is 0 Å². The van der Waals surface area contributed by atoms with E-state index in [4.69, 9.17) is 0 Å². The Morgan fingerprint density at radius 1 is 0.267 bits per heavy atom. The Balaban J connectivity index is 1.54. The zero-order chi connectivity index (χ0) is 29.7. The lowest BCUT2D eigenvalue weighted by Gasteiger charge is -2.32. The van der Waals surface area contributed by atoms with Crippen molar-refractivity contribution in [1.29, 1.82) is 0 Å². The zero-order valence-corrected chi connectivity index (χ0v) is 24.7. The van der Waals surface area contributed by atoms with Crippen LogP contribution in [-0.2, 0) is 0 Å². The molecule has 0 atom stereocenters. The lowest BCUT2D eigenvalue weighted by atomic mass is 9.87. The fourth-order valence-corrected chi connectivity index (χ4v) is 7.25. The van der Waals surface area contributed by atoms with Gasteiger partial charge in [0.15, 0.2) is 0 Å². The maximum Gasteiger partial charge on any atom is 0.0625 e. The summed E-state index contributed by atoms with van der Waals surface area (Å²) in [4.78, 5) is 2.54. The third-order valence-electron chi connectivity index (χ3n) is 9.20. The fraction of sp³-hybridized carbons (Fsp3) is 0. The highest BCUT2D eigenvalue weighted by molar-refractivity contribution is 6.25. The topological polar surface area (TPSA) is 3.24 Å². The van der Waals surface area contributed by atoms with Crippen LogP contribution in [0.3, 0.4) is 0 Å². The highest BCUT2D eigenvalue weighted by atomic mass is 15.1. The molecule has 45 heavy (non-hydrogen) atoms. The summed E-state index contributed by atoms with van der Waals surface area (Å²) in [7, 11) is 0. The van der Waals surface area contributed by atoms with Gasteiger partial charge in [0.1, 0.15) is 0 Å². The fourth-order valence-electron chi connectivity index (χ4n) is 7.25. The molecule has 9 rings (SSSR count). The lowest BCUT2D eigenvalue weighted by molar-refractivity contribution is 1.33. The molecule has 210 valence electrons. The zero-order valence-electron chi connectivity index (χ0n) is 24.7. The maximum atomic E-state index is 2.54. The van der Waals surface area contributed by atoms with E-state index in [0.717, 1.165) is 11.4 Å². The van der Waals surface area contributed by atoms with Crippen molar-refractivity contribution in [3.8, 4) is 11.1 Å². The van der Waals surface area contributed by atoms with E-state index in [1.54, 1.807) is 0 Å². The maximum absolute atomic E-state index is 2.54. The molecular formula is C44H29N. The van der Waals surface area contributed by atoms with E-state index in [9.17, 15) is 0 Å². The van der Waals surface area contributed by atoms with Gasteiger partial charge in [0.05, 0.1) is 17.1 Å². The molecular weight excluding hydrogens is 542 g/mol. The molecule has 0 amide bonds. The van der Waals surface area contributed by atoms with E-state index >= 15 is 0 Å². The Morgan fingerprint density at radius 3 is 1.22 bits per heavy atom. The van der Waals surface area contributed by atoms with E-state index in [1.807, 2.05) is 0 Å². The van der Waals surface area contributed by atoms with Crippen LogP contribution in [0.15, 0.2) is 176 Å². The third-order valence-corrected chi connectivity index (χ3v) is 9.20. The Morgan fingerprint density at radius 2 is 0.644 bits per heavy atom. The summed E-state index contributed by atoms with van der Waals surface area (Å²) in [5.74, 6) is 0.